The second kappa shape index (κ2) is 7.18. The molecular formula is C19H19N3O4. The van der Waals surface area contributed by atoms with Gasteiger partial charge in [0.15, 0.2) is 0 Å². The van der Waals surface area contributed by atoms with Gasteiger partial charge in [0.1, 0.15) is 23.0 Å². The third-order valence-electron chi connectivity index (χ3n) is 3.96. The highest BCUT2D eigenvalue weighted by molar-refractivity contribution is 5.87. The number of hydrogen-bond donors (Lipinski definition) is 2. The van der Waals surface area contributed by atoms with Crippen molar-refractivity contribution in [3.8, 4) is 45.4 Å². The molecule has 0 atom stereocenters. The number of nitrogens with zero attached hydrogens (tertiary/aromatic N) is 2. The van der Waals surface area contributed by atoms with Gasteiger partial charge in [0.05, 0.1) is 32.6 Å². The molecule has 0 radical (unpaired) electrons. The highest BCUT2D eigenvalue weighted by atomic mass is 16.5. The van der Waals surface area contributed by atoms with E-state index in [0.717, 1.165) is 11.3 Å². The van der Waals surface area contributed by atoms with E-state index in [4.69, 9.17) is 19.9 Å². The summed E-state index contributed by atoms with van der Waals surface area (Å²) in [6, 6.07) is 10.6. The molecule has 0 aliphatic carbocycles. The number of nitrogen functional groups attached to an aromatic ring is 1. The molecule has 0 saturated carbocycles. The van der Waals surface area contributed by atoms with Gasteiger partial charge >= 0.3 is 0 Å². The molecule has 0 aliphatic rings. The lowest BCUT2D eigenvalue weighted by molar-refractivity contribution is 0.386. The van der Waals surface area contributed by atoms with Crippen LogP contribution in [0.2, 0.25) is 0 Å². The minimum absolute atomic E-state index is 0.0333. The standard InChI is InChI=1S/C19H19N3O4/c1-24-12-6-4-11(5-7-12)14-10-21-19(20)22-18(14)17-15(23)8-13(25-2)9-16(17)26-3/h4-10,23H,1-3H3,(H2,20,21,22). The average Bonchev–Trinajstić information content (AvgIpc) is 2.67. The Labute approximate surface area is 151 Å². The molecule has 3 N–H and O–H groups in total. The van der Waals surface area contributed by atoms with Crippen molar-refractivity contribution in [1.82, 2.24) is 9.97 Å². The van der Waals surface area contributed by atoms with E-state index >= 15 is 0 Å². The number of methoxy groups -OCH3 is 3. The van der Waals surface area contributed by atoms with E-state index in [0.29, 0.717) is 28.3 Å². The van der Waals surface area contributed by atoms with E-state index in [9.17, 15) is 5.11 Å². The van der Waals surface area contributed by atoms with Crippen LogP contribution in [0.1, 0.15) is 0 Å². The topological polar surface area (TPSA) is 99.7 Å². The summed E-state index contributed by atoms with van der Waals surface area (Å²) in [5.74, 6) is 1.67. The molecule has 7 nitrogen and oxygen atoms in total. The van der Waals surface area contributed by atoms with Crippen LogP contribution in [0.15, 0.2) is 42.6 Å². The molecule has 26 heavy (non-hydrogen) atoms. The highest BCUT2D eigenvalue weighted by Crippen LogP contribution is 2.44. The summed E-state index contributed by atoms with van der Waals surface area (Å²) < 4.78 is 15.8. The average molecular weight is 353 g/mol. The van der Waals surface area contributed by atoms with Crippen molar-refractivity contribution in [3.63, 3.8) is 0 Å². The van der Waals surface area contributed by atoms with Gasteiger partial charge in [0.25, 0.3) is 0 Å². The van der Waals surface area contributed by atoms with Crippen LogP contribution in [0.4, 0.5) is 5.95 Å². The van der Waals surface area contributed by atoms with Crippen molar-refractivity contribution in [2.75, 3.05) is 27.1 Å². The van der Waals surface area contributed by atoms with Crippen molar-refractivity contribution in [2.45, 2.75) is 0 Å². The molecule has 0 aliphatic heterocycles. The van der Waals surface area contributed by atoms with Crippen LogP contribution >= 0.6 is 0 Å². The van der Waals surface area contributed by atoms with Gasteiger partial charge < -0.3 is 25.1 Å². The van der Waals surface area contributed by atoms with Crippen molar-refractivity contribution < 1.29 is 19.3 Å². The molecule has 7 heteroatoms. The van der Waals surface area contributed by atoms with Gasteiger partial charge in [0, 0.05) is 23.9 Å². The van der Waals surface area contributed by atoms with Crippen molar-refractivity contribution in [3.05, 3.63) is 42.6 Å². The third kappa shape index (κ3) is 3.19. The Morgan fingerprint density at radius 2 is 1.62 bits per heavy atom. The second-order valence-electron chi connectivity index (χ2n) is 5.44. The second-order valence-corrected chi connectivity index (χ2v) is 5.44. The molecule has 0 saturated heterocycles. The van der Waals surface area contributed by atoms with Crippen LogP contribution in [0, 0.1) is 0 Å². The van der Waals surface area contributed by atoms with E-state index < -0.39 is 0 Å². The fraction of sp³-hybridized carbons (Fsp3) is 0.158. The Morgan fingerprint density at radius 1 is 0.923 bits per heavy atom. The van der Waals surface area contributed by atoms with Crippen LogP contribution in [0.5, 0.6) is 23.0 Å². The van der Waals surface area contributed by atoms with Gasteiger partial charge in [-0.05, 0) is 17.7 Å². The summed E-state index contributed by atoms with van der Waals surface area (Å²) in [5, 5.41) is 10.6. The van der Waals surface area contributed by atoms with E-state index in [1.807, 2.05) is 24.3 Å². The van der Waals surface area contributed by atoms with Crippen LogP contribution in [-0.4, -0.2) is 36.4 Å². The quantitative estimate of drug-likeness (QED) is 0.727. The minimum Gasteiger partial charge on any atom is -0.507 e. The summed E-state index contributed by atoms with van der Waals surface area (Å²) in [5.41, 5.74) is 8.21. The molecule has 1 heterocycles. The number of ether oxygens (including phenoxy) is 3. The van der Waals surface area contributed by atoms with Gasteiger partial charge in [-0.3, -0.25) is 0 Å². The maximum absolute atomic E-state index is 10.6. The zero-order chi connectivity index (χ0) is 18.7. The Bertz CT molecular complexity index is 927. The first-order valence-corrected chi connectivity index (χ1v) is 7.79. The zero-order valence-electron chi connectivity index (χ0n) is 14.7. The number of aromatic nitrogens is 2. The molecule has 0 amide bonds. The molecule has 2 aromatic carbocycles. The summed E-state index contributed by atoms with van der Waals surface area (Å²) in [4.78, 5) is 8.43. The zero-order valence-corrected chi connectivity index (χ0v) is 14.7. The fourth-order valence-corrected chi connectivity index (χ4v) is 2.66. The Hall–Kier alpha value is -3.48. The number of benzene rings is 2. The number of anilines is 1. The van der Waals surface area contributed by atoms with Gasteiger partial charge in [0.2, 0.25) is 5.95 Å². The van der Waals surface area contributed by atoms with E-state index in [-0.39, 0.29) is 11.7 Å². The largest absolute Gasteiger partial charge is 0.507 e. The van der Waals surface area contributed by atoms with Crippen LogP contribution in [0.25, 0.3) is 22.4 Å². The van der Waals surface area contributed by atoms with Crippen LogP contribution in [0.3, 0.4) is 0 Å². The lowest BCUT2D eigenvalue weighted by atomic mass is 9.99. The number of hydrogen-bond acceptors (Lipinski definition) is 7. The minimum atomic E-state index is -0.0333. The molecule has 134 valence electrons. The Morgan fingerprint density at radius 3 is 2.23 bits per heavy atom. The Balaban J connectivity index is 2.24. The van der Waals surface area contributed by atoms with Crippen molar-refractivity contribution >= 4 is 5.95 Å². The van der Waals surface area contributed by atoms with Crippen LogP contribution < -0.4 is 19.9 Å². The normalized spacial score (nSPS) is 10.4. The van der Waals surface area contributed by atoms with E-state index in [1.54, 1.807) is 19.4 Å². The third-order valence-corrected chi connectivity index (χ3v) is 3.96. The van der Waals surface area contributed by atoms with E-state index in [2.05, 4.69) is 9.97 Å². The maximum Gasteiger partial charge on any atom is 0.220 e. The molecule has 0 spiro atoms. The summed E-state index contributed by atoms with van der Waals surface area (Å²) in [6.45, 7) is 0. The van der Waals surface area contributed by atoms with Gasteiger partial charge in [-0.2, -0.15) is 0 Å². The van der Waals surface area contributed by atoms with Gasteiger partial charge in [-0.25, -0.2) is 9.97 Å². The first kappa shape index (κ1) is 17.3. The molecule has 0 bridgehead atoms. The molecule has 0 unspecified atom stereocenters. The lowest BCUT2D eigenvalue weighted by Crippen LogP contribution is -2.00. The summed E-state index contributed by atoms with van der Waals surface area (Å²) in [7, 11) is 4.63. The maximum atomic E-state index is 10.6. The number of rotatable bonds is 5. The smallest absolute Gasteiger partial charge is 0.220 e. The molecule has 0 fully saturated rings. The van der Waals surface area contributed by atoms with Crippen molar-refractivity contribution in [1.29, 1.82) is 0 Å². The molecule has 1 aromatic heterocycles. The SMILES string of the molecule is COc1ccc(-c2cnc(N)nc2-c2c(O)cc(OC)cc2OC)cc1. The number of phenolic OH excluding ortho intramolecular Hbond substituents is 1. The Kier molecular flexibility index (Phi) is 4.79. The fourth-order valence-electron chi connectivity index (χ4n) is 2.66. The lowest BCUT2D eigenvalue weighted by Gasteiger charge is -2.15. The number of phenols is 1. The summed E-state index contributed by atoms with van der Waals surface area (Å²) in [6.07, 6.45) is 1.61. The highest BCUT2D eigenvalue weighted by Gasteiger charge is 2.20. The molecule has 3 rings (SSSR count). The molecular weight excluding hydrogens is 334 g/mol. The van der Waals surface area contributed by atoms with E-state index in [1.165, 1.54) is 20.3 Å². The number of nitrogens with two attached hydrogens (primary N) is 1. The monoisotopic (exact) mass is 353 g/mol. The van der Waals surface area contributed by atoms with Gasteiger partial charge in [-0.1, -0.05) is 12.1 Å². The summed E-state index contributed by atoms with van der Waals surface area (Å²) >= 11 is 0. The predicted molar refractivity (Wildman–Crippen MR) is 98.6 cm³/mol. The molecule has 3 aromatic rings. The first-order chi connectivity index (χ1) is 12.6. The predicted octanol–water partition coefficient (Wildman–Crippen LogP) is 3.12. The first-order valence-electron chi connectivity index (χ1n) is 7.79. The van der Waals surface area contributed by atoms with Gasteiger partial charge in [-0.15, -0.1) is 0 Å². The van der Waals surface area contributed by atoms with Crippen LogP contribution in [-0.2, 0) is 0 Å². The van der Waals surface area contributed by atoms with Crippen molar-refractivity contribution in [2.24, 2.45) is 0 Å². The number of aromatic hydroxyl groups is 1.